The normalized spacial score (nSPS) is 22.0. The van der Waals surface area contributed by atoms with Gasteiger partial charge in [0.1, 0.15) is 5.82 Å². The first-order chi connectivity index (χ1) is 6.48. The zero-order valence-corrected chi connectivity index (χ0v) is 9.35. The summed E-state index contributed by atoms with van der Waals surface area (Å²) in [5, 5.41) is 0.126. The SMILES string of the molecule is CC1CCn2c(S(=O)(=O)Cl)cnc2C1. The van der Waals surface area contributed by atoms with Gasteiger partial charge in [0.15, 0.2) is 5.03 Å². The second-order valence-corrected chi connectivity index (χ2v) is 6.21. The lowest BCUT2D eigenvalue weighted by molar-refractivity contribution is 0.393. The lowest BCUT2D eigenvalue weighted by Gasteiger charge is -2.20. The van der Waals surface area contributed by atoms with Crippen molar-refractivity contribution < 1.29 is 8.42 Å². The number of nitrogens with zero attached hydrogens (tertiary/aromatic N) is 2. The second kappa shape index (κ2) is 3.24. The highest BCUT2D eigenvalue weighted by Crippen LogP contribution is 2.24. The standard InChI is InChI=1S/C8H11ClN2O2S/c1-6-2-3-11-7(4-6)10-5-8(11)14(9,12)13/h5-6H,2-4H2,1H3. The van der Waals surface area contributed by atoms with Crippen LogP contribution in [0.4, 0.5) is 0 Å². The molecule has 14 heavy (non-hydrogen) atoms. The van der Waals surface area contributed by atoms with Crippen molar-refractivity contribution in [2.24, 2.45) is 5.92 Å². The van der Waals surface area contributed by atoms with E-state index in [1.165, 1.54) is 6.20 Å². The molecular weight excluding hydrogens is 224 g/mol. The zero-order chi connectivity index (χ0) is 10.3. The van der Waals surface area contributed by atoms with Crippen molar-refractivity contribution in [3.8, 4) is 0 Å². The molecule has 0 N–H and O–H groups in total. The first kappa shape index (κ1) is 9.98. The third-order valence-corrected chi connectivity index (χ3v) is 3.83. The van der Waals surface area contributed by atoms with Gasteiger partial charge in [0.25, 0.3) is 9.05 Å². The van der Waals surface area contributed by atoms with Gasteiger partial charge < -0.3 is 4.57 Å². The van der Waals surface area contributed by atoms with E-state index in [4.69, 9.17) is 10.7 Å². The number of fused-ring (bicyclic) bond motifs is 1. The van der Waals surface area contributed by atoms with Gasteiger partial charge >= 0.3 is 0 Å². The molecule has 0 aliphatic carbocycles. The van der Waals surface area contributed by atoms with Gasteiger partial charge in [-0.3, -0.25) is 0 Å². The predicted molar refractivity (Wildman–Crippen MR) is 52.8 cm³/mol. The molecule has 0 spiro atoms. The number of halogens is 1. The van der Waals surface area contributed by atoms with Gasteiger partial charge in [-0.25, -0.2) is 13.4 Å². The topological polar surface area (TPSA) is 52.0 Å². The Morgan fingerprint density at radius 1 is 1.64 bits per heavy atom. The maximum absolute atomic E-state index is 11.2. The minimum Gasteiger partial charge on any atom is -0.318 e. The van der Waals surface area contributed by atoms with Gasteiger partial charge in [0.2, 0.25) is 0 Å². The molecule has 6 heteroatoms. The smallest absolute Gasteiger partial charge is 0.278 e. The highest BCUT2D eigenvalue weighted by molar-refractivity contribution is 8.13. The molecule has 1 aromatic heterocycles. The molecule has 0 saturated heterocycles. The van der Waals surface area contributed by atoms with Crippen LogP contribution in [-0.2, 0) is 22.0 Å². The van der Waals surface area contributed by atoms with E-state index in [1.807, 2.05) is 0 Å². The molecule has 2 heterocycles. The first-order valence-electron chi connectivity index (χ1n) is 4.47. The van der Waals surface area contributed by atoms with Crippen LogP contribution in [0.15, 0.2) is 11.2 Å². The molecule has 0 radical (unpaired) electrons. The maximum atomic E-state index is 11.2. The van der Waals surface area contributed by atoms with Crippen LogP contribution in [-0.4, -0.2) is 18.0 Å². The Labute approximate surface area is 87.3 Å². The third-order valence-electron chi connectivity index (χ3n) is 2.53. The molecule has 4 nitrogen and oxygen atoms in total. The fraction of sp³-hybridized carbons (Fsp3) is 0.625. The van der Waals surface area contributed by atoms with Crippen LogP contribution in [0, 0.1) is 5.92 Å². The van der Waals surface area contributed by atoms with Crippen molar-refractivity contribution in [3.05, 3.63) is 12.0 Å². The Balaban J connectivity index is 2.49. The Hall–Kier alpha value is -0.550. The van der Waals surface area contributed by atoms with Crippen LogP contribution in [0.1, 0.15) is 19.2 Å². The fourth-order valence-corrected chi connectivity index (χ4v) is 2.76. The molecule has 1 unspecified atom stereocenters. The van der Waals surface area contributed by atoms with Crippen molar-refractivity contribution in [2.45, 2.75) is 31.3 Å². The summed E-state index contributed by atoms with van der Waals surface area (Å²) in [6.07, 6.45) is 3.14. The van der Waals surface area contributed by atoms with E-state index >= 15 is 0 Å². The summed E-state index contributed by atoms with van der Waals surface area (Å²) in [6, 6.07) is 0. The van der Waals surface area contributed by atoms with Crippen molar-refractivity contribution >= 4 is 19.7 Å². The lowest BCUT2D eigenvalue weighted by atomic mass is 10.0. The van der Waals surface area contributed by atoms with Crippen molar-refractivity contribution in [1.82, 2.24) is 9.55 Å². The van der Waals surface area contributed by atoms with Gasteiger partial charge in [0, 0.05) is 23.6 Å². The lowest BCUT2D eigenvalue weighted by Crippen LogP contribution is -2.19. The monoisotopic (exact) mass is 234 g/mol. The molecule has 0 bridgehead atoms. The molecule has 1 aliphatic rings. The van der Waals surface area contributed by atoms with Crippen molar-refractivity contribution in [1.29, 1.82) is 0 Å². The van der Waals surface area contributed by atoms with Crippen molar-refractivity contribution in [3.63, 3.8) is 0 Å². The number of rotatable bonds is 1. The number of hydrogen-bond acceptors (Lipinski definition) is 3. The molecule has 78 valence electrons. The summed E-state index contributed by atoms with van der Waals surface area (Å²) >= 11 is 0. The van der Waals surface area contributed by atoms with E-state index in [-0.39, 0.29) is 5.03 Å². The maximum Gasteiger partial charge on any atom is 0.278 e. The summed E-state index contributed by atoms with van der Waals surface area (Å²) in [5.74, 6) is 1.39. The van der Waals surface area contributed by atoms with Crippen LogP contribution in [0.2, 0.25) is 0 Å². The van der Waals surface area contributed by atoms with E-state index in [9.17, 15) is 8.42 Å². The van der Waals surface area contributed by atoms with Crippen LogP contribution >= 0.6 is 10.7 Å². The quantitative estimate of drug-likeness (QED) is 0.690. The van der Waals surface area contributed by atoms with E-state index in [2.05, 4.69) is 11.9 Å². The molecule has 0 amide bonds. The largest absolute Gasteiger partial charge is 0.318 e. The zero-order valence-electron chi connectivity index (χ0n) is 7.77. The molecule has 0 fully saturated rings. The van der Waals surface area contributed by atoms with E-state index < -0.39 is 9.05 Å². The summed E-state index contributed by atoms with van der Waals surface area (Å²) in [4.78, 5) is 4.07. The first-order valence-corrected chi connectivity index (χ1v) is 6.78. The number of hydrogen-bond donors (Lipinski definition) is 0. The van der Waals surface area contributed by atoms with Gasteiger partial charge in [0.05, 0.1) is 6.20 Å². The Bertz CT molecular complexity index is 452. The highest BCUT2D eigenvalue weighted by Gasteiger charge is 2.24. The highest BCUT2D eigenvalue weighted by atomic mass is 35.7. The molecule has 0 aromatic carbocycles. The van der Waals surface area contributed by atoms with Gasteiger partial charge in [-0.05, 0) is 12.3 Å². The van der Waals surface area contributed by atoms with E-state index in [1.54, 1.807) is 4.57 Å². The third kappa shape index (κ3) is 1.66. The molecule has 0 saturated carbocycles. The number of imidazole rings is 1. The average molecular weight is 235 g/mol. The predicted octanol–water partition coefficient (Wildman–Crippen LogP) is 1.39. The van der Waals surface area contributed by atoms with Crippen molar-refractivity contribution in [2.75, 3.05) is 0 Å². The van der Waals surface area contributed by atoms with Gasteiger partial charge in [-0.15, -0.1) is 0 Å². The molecule has 1 aromatic rings. The minimum absolute atomic E-state index is 0.126. The fourth-order valence-electron chi connectivity index (χ4n) is 1.76. The molecule has 2 rings (SSSR count). The average Bonchev–Trinajstić information content (AvgIpc) is 2.45. The summed E-state index contributed by atoms with van der Waals surface area (Å²) in [5.41, 5.74) is 0. The van der Waals surface area contributed by atoms with Crippen LogP contribution in [0.5, 0.6) is 0 Å². The molecule has 1 atom stereocenters. The van der Waals surface area contributed by atoms with Gasteiger partial charge in [-0.1, -0.05) is 6.92 Å². The van der Waals surface area contributed by atoms with Gasteiger partial charge in [-0.2, -0.15) is 0 Å². The molecular formula is C8H11ClN2O2S. The second-order valence-electron chi connectivity index (χ2n) is 3.70. The number of aromatic nitrogens is 2. The van der Waals surface area contributed by atoms with Crippen LogP contribution in [0.25, 0.3) is 0 Å². The summed E-state index contributed by atoms with van der Waals surface area (Å²) in [6.45, 7) is 2.82. The van der Waals surface area contributed by atoms with Crippen LogP contribution in [0.3, 0.4) is 0 Å². The van der Waals surface area contributed by atoms with E-state index in [0.717, 1.165) is 18.7 Å². The van der Waals surface area contributed by atoms with E-state index in [0.29, 0.717) is 12.5 Å². The summed E-state index contributed by atoms with van der Waals surface area (Å²) in [7, 11) is 1.64. The summed E-state index contributed by atoms with van der Waals surface area (Å²) < 4.78 is 24.0. The Morgan fingerprint density at radius 2 is 2.36 bits per heavy atom. The molecule has 1 aliphatic heterocycles. The Kier molecular flexibility index (Phi) is 2.31. The Morgan fingerprint density at radius 3 is 3.00 bits per heavy atom. The minimum atomic E-state index is -3.65. The van der Waals surface area contributed by atoms with Crippen LogP contribution < -0.4 is 0 Å².